The zero-order valence-corrected chi connectivity index (χ0v) is 18.4. The topological polar surface area (TPSA) is 111 Å². The second-order valence-corrected chi connectivity index (χ2v) is 7.98. The number of ether oxygens (including phenoxy) is 3. The van der Waals surface area contributed by atoms with Crippen molar-refractivity contribution in [1.82, 2.24) is 9.80 Å². The lowest BCUT2D eigenvalue weighted by atomic mass is 9.91. The first-order valence-electron chi connectivity index (χ1n) is 10.6. The number of nitrogens with zero attached hydrogens (tertiary/aromatic N) is 2. The standard InChI is InChI=1S/C22H31N3O6/c1-29-17-12-16(13-18(30-2)19(17)31-3)22(28)25-10-6-15(7-11-25)21(27)24-8-4-14(5-9-24)20(23)26/h12-15H,4-11H2,1-3H3,(H2,23,26). The van der Waals surface area contributed by atoms with Crippen LogP contribution >= 0.6 is 0 Å². The maximum absolute atomic E-state index is 13.0. The number of rotatable bonds is 6. The van der Waals surface area contributed by atoms with Gasteiger partial charge in [0.05, 0.1) is 21.3 Å². The van der Waals surface area contributed by atoms with E-state index in [0.29, 0.717) is 74.7 Å². The highest BCUT2D eigenvalue weighted by molar-refractivity contribution is 5.96. The first kappa shape index (κ1) is 22.7. The first-order chi connectivity index (χ1) is 14.9. The van der Waals surface area contributed by atoms with Crippen molar-refractivity contribution in [2.45, 2.75) is 25.7 Å². The molecule has 2 N–H and O–H groups in total. The van der Waals surface area contributed by atoms with Gasteiger partial charge in [-0.2, -0.15) is 0 Å². The summed E-state index contributed by atoms with van der Waals surface area (Å²) in [6.45, 7) is 2.14. The third-order valence-corrected chi connectivity index (χ3v) is 6.25. The summed E-state index contributed by atoms with van der Waals surface area (Å²) >= 11 is 0. The van der Waals surface area contributed by atoms with Gasteiger partial charge in [0, 0.05) is 43.6 Å². The van der Waals surface area contributed by atoms with Gasteiger partial charge in [-0.05, 0) is 37.8 Å². The molecular formula is C22H31N3O6. The highest BCUT2D eigenvalue weighted by Gasteiger charge is 2.33. The lowest BCUT2D eigenvalue weighted by molar-refractivity contribution is -0.139. The Morgan fingerprint density at radius 3 is 1.74 bits per heavy atom. The Kier molecular flexibility index (Phi) is 7.25. The van der Waals surface area contributed by atoms with Crippen LogP contribution < -0.4 is 19.9 Å². The van der Waals surface area contributed by atoms with E-state index in [-0.39, 0.29) is 29.6 Å². The van der Waals surface area contributed by atoms with E-state index in [1.54, 1.807) is 17.0 Å². The summed E-state index contributed by atoms with van der Waals surface area (Å²) < 4.78 is 16.0. The molecule has 0 atom stereocenters. The van der Waals surface area contributed by atoms with Crippen molar-refractivity contribution in [2.75, 3.05) is 47.5 Å². The van der Waals surface area contributed by atoms with Gasteiger partial charge in [0.2, 0.25) is 17.6 Å². The van der Waals surface area contributed by atoms with Crippen molar-refractivity contribution in [2.24, 2.45) is 17.6 Å². The van der Waals surface area contributed by atoms with E-state index in [0.717, 1.165) is 0 Å². The second kappa shape index (κ2) is 9.89. The Bertz CT molecular complexity index is 802. The Hall–Kier alpha value is -2.97. The van der Waals surface area contributed by atoms with Gasteiger partial charge in [-0.3, -0.25) is 14.4 Å². The summed E-state index contributed by atoms with van der Waals surface area (Å²) in [6, 6.07) is 3.29. The number of methoxy groups -OCH3 is 3. The zero-order valence-electron chi connectivity index (χ0n) is 18.4. The molecule has 2 heterocycles. The summed E-state index contributed by atoms with van der Waals surface area (Å²) in [6.07, 6.45) is 2.48. The van der Waals surface area contributed by atoms with Crippen LogP contribution in [0.5, 0.6) is 17.2 Å². The molecule has 0 unspecified atom stereocenters. The smallest absolute Gasteiger partial charge is 0.254 e. The third-order valence-electron chi connectivity index (χ3n) is 6.25. The molecule has 170 valence electrons. The van der Waals surface area contributed by atoms with E-state index < -0.39 is 0 Å². The van der Waals surface area contributed by atoms with Gasteiger partial charge in [-0.25, -0.2) is 0 Å². The van der Waals surface area contributed by atoms with Crippen molar-refractivity contribution in [3.05, 3.63) is 17.7 Å². The van der Waals surface area contributed by atoms with Crippen LogP contribution in [0.15, 0.2) is 12.1 Å². The second-order valence-electron chi connectivity index (χ2n) is 7.98. The number of hydrogen-bond acceptors (Lipinski definition) is 6. The monoisotopic (exact) mass is 433 g/mol. The van der Waals surface area contributed by atoms with Gasteiger partial charge in [0.1, 0.15) is 0 Å². The average Bonchev–Trinajstić information content (AvgIpc) is 2.82. The van der Waals surface area contributed by atoms with Gasteiger partial charge in [0.15, 0.2) is 11.5 Å². The van der Waals surface area contributed by atoms with Gasteiger partial charge in [-0.15, -0.1) is 0 Å². The Morgan fingerprint density at radius 2 is 1.29 bits per heavy atom. The molecule has 2 fully saturated rings. The number of amides is 3. The minimum absolute atomic E-state index is 0.103. The number of benzene rings is 1. The van der Waals surface area contributed by atoms with E-state index in [1.807, 2.05) is 4.90 Å². The molecule has 2 aliphatic heterocycles. The number of carbonyl (C=O) groups excluding carboxylic acids is 3. The predicted octanol–water partition coefficient (Wildman–Crippen LogP) is 1.29. The molecule has 3 amide bonds. The average molecular weight is 434 g/mol. The Labute approximate surface area is 182 Å². The molecule has 0 aliphatic carbocycles. The molecule has 2 saturated heterocycles. The van der Waals surface area contributed by atoms with Crippen LogP contribution in [0.4, 0.5) is 0 Å². The van der Waals surface area contributed by atoms with Crippen LogP contribution in [0.25, 0.3) is 0 Å². The van der Waals surface area contributed by atoms with Crippen molar-refractivity contribution in [1.29, 1.82) is 0 Å². The lowest BCUT2D eigenvalue weighted by Crippen LogP contribution is -2.47. The highest BCUT2D eigenvalue weighted by Crippen LogP contribution is 2.38. The predicted molar refractivity (Wildman–Crippen MR) is 113 cm³/mol. The van der Waals surface area contributed by atoms with Crippen molar-refractivity contribution in [3.8, 4) is 17.2 Å². The maximum atomic E-state index is 13.0. The fraction of sp³-hybridized carbons (Fsp3) is 0.591. The van der Waals surface area contributed by atoms with E-state index in [1.165, 1.54) is 21.3 Å². The molecule has 0 spiro atoms. The van der Waals surface area contributed by atoms with Crippen LogP contribution in [0.3, 0.4) is 0 Å². The summed E-state index contributed by atoms with van der Waals surface area (Å²) in [5.74, 6) is 0.743. The molecule has 9 heteroatoms. The molecular weight excluding hydrogens is 402 g/mol. The maximum Gasteiger partial charge on any atom is 0.254 e. The number of carbonyl (C=O) groups is 3. The van der Waals surface area contributed by atoms with E-state index in [9.17, 15) is 14.4 Å². The van der Waals surface area contributed by atoms with E-state index >= 15 is 0 Å². The van der Waals surface area contributed by atoms with Gasteiger partial charge in [0.25, 0.3) is 5.91 Å². The van der Waals surface area contributed by atoms with Gasteiger partial charge < -0.3 is 29.7 Å². The molecule has 1 aromatic rings. The molecule has 0 saturated carbocycles. The van der Waals surface area contributed by atoms with Crippen molar-refractivity contribution in [3.63, 3.8) is 0 Å². The van der Waals surface area contributed by atoms with Crippen molar-refractivity contribution >= 4 is 17.7 Å². The summed E-state index contributed by atoms with van der Waals surface area (Å²) in [5.41, 5.74) is 5.82. The quantitative estimate of drug-likeness (QED) is 0.724. The van der Waals surface area contributed by atoms with Crippen LogP contribution in [0.2, 0.25) is 0 Å². The van der Waals surface area contributed by atoms with Crippen LogP contribution in [0.1, 0.15) is 36.0 Å². The zero-order chi connectivity index (χ0) is 22.5. The van der Waals surface area contributed by atoms with Gasteiger partial charge in [-0.1, -0.05) is 0 Å². The number of likely N-dealkylation sites (tertiary alicyclic amines) is 2. The summed E-state index contributed by atoms with van der Waals surface area (Å²) in [5, 5.41) is 0. The fourth-order valence-electron chi connectivity index (χ4n) is 4.36. The Balaban J connectivity index is 1.60. The molecule has 0 aromatic heterocycles. The number of primary amides is 1. The Morgan fingerprint density at radius 1 is 0.806 bits per heavy atom. The van der Waals surface area contributed by atoms with Crippen LogP contribution in [0, 0.1) is 11.8 Å². The largest absolute Gasteiger partial charge is 0.493 e. The minimum atomic E-state index is -0.286. The molecule has 0 radical (unpaired) electrons. The summed E-state index contributed by atoms with van der Waals surface area (Å²) in [4.78, 5) is 40.8. The van der Waals surface area contributed by atoms with Gasteiger partial charge >= 0.3 is 0 Å². The molecule has 3 rings (SSSR count). The molecule has 0 bridgehead atoms. The van der Waals surface area contributed by atoms with E-state index in [2.05, 4.69) is 0 Å². The molecule has 9 nitrogen and oxygen atoms in total. The molecule has 1 aromatic carbocycles. The lowest BCUT2D eigenvalue weighted by Gasteiger charge is -2.36. The molecule has 2 aliphatic rings. The normalized spacial score (nSPS) is 17.9. The number of nitrogens with two attached hydrogens (primary N) is 1. The highest BCUT2D eigenvalue weighted by atomic mass is 16.5. The van der Waals surface area contributed by atoms with Crippen molar-refractivity contribution < 1.29 is 28.6 Å². The fourth-order valence-corrected chi connectivity index (χ4v) is 4.36. The SMILES string of the molecule is COc1cc(C(=O)N2CCC(C(=O)N3CCC(C(N)=O)CC3)CC2)cc(OC)c1OC. The minimum Gasteiger partial charge on any atom is -0.493 e. The van der Waals surface area contributed by atoms with Crippen LogP contribution in [-0.4, -0.2) is 75.0 Å². The van der Waals surface area contributed by atoms with Crippen LogP contribution in [-0.2, 0) is 9.59 Å². The molecule has 31 heavy (non-hydrogen) atoms. The van der Waals surface area contributed by atoms with E-state index in [4.69, 9.17) is 19.9 Å². The third kappa shape index (κ3) is 4.86. The number of hydrogen-bond donors (Lipinski definition) is 1. The summed E-state index contributed by atoms with van der Waals surface area (Å²) in [7, 11) is 4.53. The number of piperidine rings is 2. The first-order valence-corrected chi connectivity index (χ1v) is 10.6.